The smallest absolute Gasteiger partial charge is 0.128 e. The summed E-state index contributed by atoms with van der Waals surface area (Å²) in [5, 5.41) is 0. The van der Waals surface area contributed by atoms with Gasteiger partial charge in [-0.3, -0.25) is 4.98 Å². The zero-order valence-corrected chi connectivity index (χ0v) is 9.87. The number of hydrogen-bond donors (Lipinski definition) is 1. The molecule has 0 saturated carbocycles. The van der Waals surface area contributed by atoms with E-state index in [1.807, 2.05) is 31.3 Å². The molecule has 4 heteroatoms. The second-order valence-electron chi connectivity index (χ2n) is 3.94. The number of rotatable bonds is 4. The summed E-state index contributed by atoms with van der Waals surface area (Å²) in [6, 6.07) is 7.96. The Morgan fingerprint density at radius 3 is 2.53 bits per heavy atom. The minimum absolute atomic E-state index is 0.540. The molecule has 0 saturated heterocycles. The van der Waals surface area contributed by atoms with Gasteiger partial charge in [-0.15, -0.1) is 0 Å². The van der Waals surface area contributed by atoms with Crippen LogP contribution in [0, 0.1) is 0 Å². The van der Waals surface area contributed by atoms with Crippen LogP contribution in [0.4, 0.5) is 5.82 Å². The third kappa shape index (κ3) is 3.01. The summed E-state index contributed by atoms with van der Waals surface area (Å²) in [4.78, 5) is 10.4. The molecule has 0 amide bonds. The standard InChI is InChI=1S/C13H16N4/c1-17(10-11-2-5-15-6-3-11)13-8-12(9-14)4-7-16-13/h2-8H,9-10,14H2,1H3. The zero-order valence-electron chi connectivity index (χ0n) is 9.87. The fraction of sp³-hybridized carbons (Fsp3) is 0.231. The molecule has 0 atom stereocenters. The molecule has 0 radical (unpaired) electrons. The normalized spacial score (nSPS) is 10.2. The molecule has 2 aromatic heterocycles. The second kappa shape index (κ2) is 5.41. The first-order valence-electron chi connectivity index (χ1n) is 5.54. The number of nitrogens with zero attached hydrogens (tertiary/aromatic N) is 3. The Morgan fingerprint density at radius 1 is 1.12 bits per heavy atom. The first-order valence-corrected chi connectivity index (χ1v) is 5.54. The third-order valence-electron chi connectivity index (χ3n) is 2.61. The van der Waals surface area contributed by atoms with E-state index in [1.54, 1.807) is 18.6 Å². The Kier molecular flexibility index (Phi) is 3.67. The van der Waals surface area contributed by atoms with Crippen LogP contribution in [-0.4, -0.2) is 17.0 Å². The molecule has 2 aromatic rings. The Balaban J connectivity index is 2.11. The maximum absolute atomic E-state index is 5.62. The second-order valence-corrected chi connectivity index (χ2v) is 3.94. The van der Waals surface area contributed by atoms with Crippen molar-refractivity contribution < 1.29 is 0 Å². The van der Waals surface area contributed by atoms with Gasteiger partial charge in [-0.25, -0.2) is 4.98 Å². The van der Waals surface area contributed by atoms with E-state index in [1.165, 1.54) is 5.56 Å². The van der Waals surface area contributed by atoms with Crippen LogP contribution in [0.3, 0.4) is 0 Å². The lowest BCUT2D eigenvalue weighted by atomic mass is 10.2. The lowest BCUT2D eigenvalue weighted by Gasteiger charge is -2.18. The molecular formula is C13H16N4. The van der Waals surface area contributed by atoms with Crippen LogP contribution in [0.25, 0.3) is 0 Å². The summed E-state index contributed by atoms with van der Waals surface area (Å²) in [6.07, 6.45) is 5.39. The molecule has 0 spiro atoms. The number of anilines is 1. The maximum Gasteiger partial charge on any atom is 0.128 e. The van der Waals surface area contributed by atoms with E-state index >= 15 is 0 Å². The highest BCUT2D eigenvalue weighted by Gasteiger charge is 2.03. The van der Waals surface area contributed by atoms with E-state index in [0.717, 1.165) is 17.9 Å². The molecule has 0 aliphatic heterocycles. The number of hydrogen-bond acceptors (Lipinski definition) is 4. The molecule has 0 aromatic carbocycles. The summed E-state index contributed by atoms with van der Waals surface area (Å²) < 4.78 is 0. The van der Waals surface area contributed by atoms with Gasteiger partial charge < -0.3 is 10.6 Å². The quantitative estimate of drug-likeness (QED) is 0.863. The van der Waals surface area contributed by atoms with Crippen molar-refractivity contribution in [3.05, 3.63) is 54.0 Å². The van der Waals surface area contributed by atoms with Gasteiger partial charge in [-0.2, -0.15) is 0 Å². The topological polar surface area (TPSA) is 55.0 Å². The molecule has 0 aliphatic rings. The van der Waals surface area contributed by atoms with Gasteiger partial charge >= 0.3 is 0 Å². The average molecular weight is 228 g/mol. The molecule has 0 unspecified atom stereocenters. The molecule has 4 nitrogen and oxygen atoms in total. The molecular weight excluding hydrogens is 212 g/mol. The van der Waals surface area contributed by atoms with E-state index in [-0.39, 0.29) is 0 Å². The SMILES string of the molecule is CN(Cc1ccncc1)c1cc(CN)ccn1. The predicted molar refractivity (Wildman–Crippen MR) is 68.5 cm³/mol. The van der Waals surface area contributed by atoms with E-state index in [2.05, 4.69) is 14.9 Å². The Morgan fingerprint density at radius 2 is 1.82 bits per heavy atom. The first kappa shape index (κ1) is 11.5. The summed E-state index contributed by atoms with van der Waals surface area (Å²) in [5.41, 5.74) is 7.92. The highest BCUT2D eigenvalue weighted by atomic mass is 15.2. The van der Waals surface area contributed by atoms with Crippen molar-refractivity contribution in [2.75, 3.05) is 11.9 Å². The fourth-order valence-corrected chi connectivity index (χ4v) is 1.64. The highest BCUT2D eigenvalue weighted by Crippen LogP contribution is 2.13. The molecule has 0 bridgehead atoms. The van der Waals surface area contributed by atoms with Crippen LogP contribution in [0.1, 0.15) is 11.1 Å². The largest absolute Gasteiger partial charge is 0.355 e. The van der Waals surface area contributed by atoms with Crippen molar-refractivity contribution in [1.82, 2.24) is 9.97 Å². The van der Waals surface area contributed by atoms with E-state index in [0.29, 0.717) is 6.54 Å². The first-order chi connectivity index (χ1) is 8.29. The van der Waals surface area contributed by atoms with Gasteiger partial charge in [0.05, 0.1) is 0 Å². The van der Waals surface area contributed by atoms with Crippen molar-refractivity contribution in [2.24, 2.45) is 5.73 Å². The highest BCUT2D eigenvalue weighted by molar-refractivity contribution is 5.40. The van der Waals surface area contributed by atoms with Crippen molar-refractivity contribution in [2.45, 2.75) is 13.1 Å². The minimum Gasteiger partial charge on any atom is -0.355 e. The van der Waals surface area contributed by atoms with Gasteiger partial charge in [0.2, 0.25) is 0 Å². The van der Waals surface area contributed by atoms with Crippen LogP contribution in [-0.2, 0) is 13.1 Å². The van der Waals surface area contributed by atoms with Gasteiger partial charge in [0, 0.05) is 38.7 Å². The molecule has 0 aliphatic carbocycles. The van der Waals surface area contributed by atoms with Crippen molar-refractivity contribution in [1.29, 1.82) is 0 Å². The van der Waals surface area contributed by atoms with Gasteiger partial charge in [-0.1, -0.05) is 0 Å². The summed E-state index contributed by atoms with van der Waals surface area (Å²) in [6.45, 7) is 1.35. The van der Waals surface area contributed by atoms with Crippen LogP contribution < -0.4 is 10.6 Å². The lowest BCUT2D eigenvalue weighted by Crippen LogP contribution is -2.18. The van der Waals surface area contributed by atoms with Crippen LogP contribution in [0.15, 0.2) is 42.9 Å². The van der Waals surface area contributed by atoms with Crippen LogP contribution >= 0.6 is 0 Å². The average Bonchev–Trinajstić information content (AvgIpc) is 2.40. The van der Waals surface area contributed by atoms with Crippen molar-refractivity contribution >= 4 is 5.82 Å². The van der Waals surface area contributed by atoms with E-state index in [9.17, 15) is 0 Å². The Hall–Kier alpha value is -1.94. The minimum atomic E-state index is 0.540. The van der Waals surface area contributed by atoms with Gasteiger partial charge in [-0.05, 0) is 35.4 Å². The molecule has 2 heterocycles. The molecule has 2 rings (SSSR count). The third-order valence-corrected chi connectivity index (χ3v) is 2.61. The molecule has 17 heavy (non-hydrogen) atoms. The zero-order chi connectivity index (χ0) is 12.1. The van der Waals surface area contributed by atoms with Gasteiger partial charge in [0.15, 0.2) is 0 Å². The Labute approximate surface area is 101 Å². The van der Waals surface area contributed by atoms with Crippen molar-refractivity contribution in [3.63, 3.8) is 0 Å². The summed E-state index contributed by atoms with van der Waals surface area (Å²) >= 11 is 0. The Bertz CT molecular complexity index is 470. The number of pyridine rings is 2. The predicted octanol–water partition coefficient (Wildman–Crippen LogP) is 1.57. The van der Waals surface area contributed by atoms with E-state index in [4.69, 9.17) is 5.73 Å². The fourth-order valence-electron chi connectivity index (χ4n) is 1.64. The lowest BCUT2D eigenvalue weighted by molar-refractivity contribution is 0.890. The van der Waals surface area contributed by atoms with Gasteiger partial charge in [0.1, 0.15) is 5.82 Å². The van der Waals surface area contributed by atoms with Gasteiger partial charge in [0.25, 0.3) is 0 Å². The summed E-state index contributed by atoms with van der Waals surface area (Å²) in [7, 11) is 2.02. The molecule has 0 fully saturated rings. The molecule has 2 N–H and O–H groups in total. The monoisotopic (exact) mass is 228 g/mol. The van der Waals surface area contributed by atoms with E-state index < -0.39 is 0 Å². The van der Waals surface area contributed by atoms with Crippen LogP contribution in [0.5, 0.6) is 0 Å². The van der Waals surface area contributed by atoms with Crippen LogP contribution in [0.2, 0.25) is 0 Å². The number of nitrogens with two attached hydrogens (primary N) is 1. The molecule has 88 valence electrons. The maximum atomic E-state index is 5.62. The van der Waals surface area contributed by atoms with Crippen molar-refractivity contribution in [3.8, 4) is 0 Å². The summed E-state index contributed by atoms with van der Waals surface area (Å²) in [5.74, 6) is 0.935. The number of aromatic nitrogens is 2.